The van der Waals surface area contributed by atoms with Crippen molar-refractivity contribution in [3.05, 3.63) is 41.6 Å². The predicted molar refractivity (Wildman–Crippen MR) is 88.2 cm³/mol. The van der Waals surface area contributed by atoms with E-state index in [0.717, 1.165) is 13.0 Å². The maximum Gasteiger partial charge on any atom is 0.164 e. The van der Waals surface area contributed by atoms with E-state index >= 15 is 0 Å². The van der Waals surface area contributed by atoms with E-state index in [1.807, 2.05) is 6.92 Å². The Morgan fingerprint density at radius 1 is 1.30 bits per heavy atom. The van der Waals surface area contributed by atoms with Crippen molar-refractivity contribution in [1.29, 1.82) is 0 Å². The third-order valence-corrected chi connectivity index (χ3v) is 5.54. The quantitative estimate of drug-likeness (QED) is 0.871. The largest absolute Gasteiger partial charge is 0.373 e. The fourth-order valence-electron chi connectivity index (χ4n) is 4.66. The Hall–Kier alpha value is -1.62. The first-order valence-corrected chi connectivity index (χ1v) is 8.45. The number of methoxy groups -OCH3 is 1. The van der Waals surface area contributed by atoms with Crippen molar-refractivity contribution in [1.82, 2.24) is 4.57 Å². The molecule has 0 saturated carbocycles. The van der Waals surface area contributed by atoms with Crippen LogP contribution in [-0.4, -0.2) is 37.1 Å². The first-order chi connectivity index (χ1) is 11.3. The molecular formula is C19H21NO3. The van der Waals surface area contributed by atoms with Gasteiger partial charge in [-0.3, -0.25) is 0 Å². The molecule has 3 heterocycles. The van der Waals surface area contributed by atoms with Crippen molar-refractivity contribution >= 4 is 16.5 Å². The summed E-state index contributed by atoms with van der Waals surface area (Å²) in [6.45, 7) is 3.54. The maximum absolute atomic E-state index is 6.12. The summed E-state index contributed by atoms with van der Waals surface area (Å²) in [6.07, 6.45) is 3.21. The van der Waals surface area contributed by atoms with Crippen LogP contribution >= 0.6 is 0 Å². The second-order valence-corrected chi connectivity index (χ2v) is 6.52. The average Bonchev–Trinajstić information content (AvgIpc) is 3.13. The molecule has 4 atom stereocenters. The van der Waals surface area contributed by atoms with E-state index in [4.69, 9.17) is 14.2 Å². The molecule has 0 spiro atoms. The molecule has 1 fully saturated rings. The fraction of sp³-hybridized carbons (Fsp3) is 0.474. The third-order valence-electron chi connectivity index (χ3n) is 5.54. The highest BCUT2D eigenvalue weighted by Gasteiger charge is 2.52. The van der Waals surface area contributed by atoms with Gasteiger partial charge in [0.05, 0.1) is 11.6 Å². The maximum atomic E-state index is 6.12. The summed E-state index contributed by atoms with van der Waals surface area (Å²) in [6, 6.07) is 8.74. The van der Waals surface area contributed by atoms with Crippen LogP contribution in [0.2, 0.25) is 0 Å². The van der Waals surface area contributed by atoms with Gasteiger partial charge in [0, 0.05) is 43.4 Å². The third kappa shape index (κ3) is 1.66. The summed E-state index contributed by atoms with van der Waals surface area (Å²) in [4.78, 5) is 0. The number of nitrogens with zero attached hydrogens (tertiary/aromatic N) is 1. The number of ether oxygens (including phenoxy) is 3. The molecule has 23 heavy (non-hydrogen) atoms. The number of para-hydroxylation sites is 1. The molecule has 120 valence electrons. The van der Waals surface area contributed by atoms with E-state index in [9.17, 15) is 0 Å². The van der Waals surface area contributed by atoms with Gasteiger partial charge in [-0.2, -0.15) is 0 Å². The number of benzene rings is 1. The summed E-state index contributed by atoms with van der Waals surface area (Å²) in [5.41, 5.74) is 5.33. The first kappa shape index (κ1) is 13.8. The van der Waals surface area contributed by atoms with Crippen LogP contribution in [0, 0.1) is 5.92 Å². The lowest BCUT2D eigenvalue weighted by atomic mass is 9.69. The van der Waals surface area contributed by atoms with E-state index in [1.54, 1.807) is 7.11 Å². The van der Waals surface area contributed by atoms with Gasteiger partial charge < -0.3 is 18.8 Å². The van der Waals surface area contributed by atoms with Crippen LogP contribution in [0.3, 0.4) is 0 Å². The highest BCUT2D eigenvalue weighted by Crippen LogP contribution is 2.55. The van der Waals surface area contributed by atoms with Crippen molar-refractivity contribution in [2.75, 3.05) is 20.3 Å². The van der Waals surface area contributed by atoms with E-state index in [2.05, 4.69) is 35.0 Å². The highest BCUT2D eigenvalue weighted by molar-refractivity contribution is 5.96. The second kappa shape index (κ2) is 4.94. The fourth-order valence-corrected chi connectivity index (χ4v) is 4.66. The lowest BCUT2D eigenvalue weighted by molar-refractivity contribution is -0.0848. The average molecular weight is 311 g/mol. The lowest BCUT2D eigenvalue weighted by Gasteiger charge is -2.40. The summed E-state index contributed by atoms with van der Waals surface area (Å²) >= 11 is 0. The second-order valence-electron chi connectivity index (χ2n) is 6.52. The zero-order valence-corrected chi connectivity index (χ0v) is 13.5. The summed E-state index contributed by atoms with van der Waals surface area (Å²) in [5, 5.41) is 1.26. The molecule has 1 aliphatic carbocycles. The molecule has 1 saturated heterocycles. The van der Waals surface area contributed by atoms with Crippen molar-refractivity contribution in [3.63, 3.8) is 0 Å². The van der Waals surface area contributed by atoms with E-state index in [-0.39, 0.29) is 18.4 Å². The van der Waals surface area contributed by atoms with E-state index in [0.29, 0.717) is 12.5 Å². The van der Waals surface area contributed by atoms with Gasteiger partial charge in [-0.05, 0) is 30.6 Å². The standard InChI is InChI=1S/C19H21NO3/c1-3-22-19-18(21-2)15-14(13-8-10-23-17(13)15)12-6-4-5-11-7-9-20(19)16(11)12/h4-7,9,13,17-19H,3,8,10H2,1-2H3/t13-,17-,18-,19+/m1/s1. The normalized spacial score (nSPS) is 31.7. The van der Waals surface area contributed by atoms with Gasteiger partial charge in [-0.1, -0.05) is 18.2 Å². The molecule has 4 heteroatoms. The van der Waals surface area contributed by atoms with Gasteiger partial charge >= 0.3 is 0 Å². The van der Waals surface area contributed by atoms with Crippen LogP contribution in [0.1, 0.15) is 25.1 Å². The van der Waals surface area contributed by atoms with Crippen LogP contribution < -0.4 is 0 Å². The number of aromatic nitrogens is 1. The monoisotopic (exact) mass is 311 g/mol. The van der Waals surface area contributed by atoms with Crippen LogP contribution in [0.25, 0.3) is 16.5 Å². The minimum atomic E-state index is -0.138. The number of hydrogen-bond donors (Lipinski definition) is 0. The Morgan fingerprint density at radius 2 is 2.22 bits per heavy atom. The van der Waals surface area contributed by atoms with Crippen molar-refractivity contribution in [2.45, 2.75) is 31.8 Å². The zero-order valence-electron chi connectivity index (χ0n) is 13.5. The molecule has 0 N–H and O–H groups in total. The van der Waals surface area contributed by atoms with Crippen molar-refractivity contribution < 1.29 is 14.2 Å². The molecular weight excluding hydrogens is 290 g/mol. The Kier molecular flexibility index (Phi) is 2.96. The van der Waals surface area contributed by atoms with Crippen LogP contribution in [0.4, 0.5) is 0 Å². The molecule has 0 unspecified atom stereocenters. The number of rotatable bonds is 3. The number of fused-ring (bicyclic) bond motifs is 4. The minimum absolute atomic E-state index is 0.0905. The smallest absolute Gasteiger partial charge is 0.164 e. The summed E-state index contributed by atoms with van der Waals surface area (Å²) < 4.78 is 20.3. The van der Waals surface area contributed by atoms with Gasteiger partial charge in [0.2, 0.25) is 0 Å². The molecule has 5 rings (SSSR count). The van der Waals surface area contributed by atoms with Gasteiger partial charge in [-0.15, -0.1) is 0 Å². The molecule has 0 bridgehead atoms. The lowest BCUT2D eigenvalue weighted by Crippen LogP contribution is -2.41. The van der Waals surface area contributed by atoms with Crippen molar-refractivity contribution in [3.8, 4) is 0 Å². The van der Waals surface area contributed by atoms with E-state index < -0.39 is 0 Å². The van der Waals surface area contributed by atoms with Crippen molar-refractivity contribution in [2.24, 2.45) is 5.92 Å². The van der Waals surface area contributed by atoms with Crippen LogP contribution in [-0.2, 0) is 14.2 Å². The molecule has 0 amide bonds. The Bertz CT molecular complexity index is 806. The predicted octanol–water partition coefficient (Wildman–Crippen LogP) is 3.38. The topological polar surface area (TPSA) is 32.6 Å². The molecule has 0 radical (unpaired) electrons. The first-order valence-electron chi connectivity index (χ1n) is 8.45. The highest BCUT2D eigenvalue weighted by atomic mass is 16.5. The molecule has 3 aliphatic rings. The van der Waals surface area contributed by atoms with Crippen LogP contribution in [0.5, 0.6) is 0 Å². The summed E-state index contributed by atoms with van der Waals surface area (Å²) in [7, 11) is 1.78. The van der Waals surface area contributed by atoms with Gasteiger partial charge in [0.25, 0.3) is 0 Å². The minimum Gasteiger partial charge on any atom is -0.373 e. The van der Waals surface area contributed by atoms with Gasteiger partial charge in [0.1, 0.15) is 6.10 Å². The molecule has 2 aromatic rings. The zero-order chi connectivity index (χ0) is 15.6. The molecule has 1 aromatic heterocycles. The number of hydrogen-bond acceptors (Lipinski definition) is 3. The molecule has 1 aromatic carbocycles. The van der Waals surface area contributed by atoms with Gasteiger partial charge in [-0.25, -0.2) is 0 Å². The Labute approximate surface area is 135 Å². The van der Waals surface area contributed by atoms with Crippen LogP contribution in [0.15, 0.2) is 36.0 Å². The Morgan fingerprint density at radius 3 is 3.04 bits per heavy atom. The SMILES string of the molecule is CCO[C@H]1[C@H](OC)C2=C(c3cccc4ccn1c34)[C@H]1CCO[C@@H]21. The van der Waals surface area contributed by atoms with Gasteiger partial charge in [0.15, 0.2) is 6.23 Å². The Balaban J connectivity index is 1.81. The molecule has 2 aliphatic heterocycles. The van der Waals surface area contributed by atoms with E-state index in [1.165, 1.54) is 27.6 Å². The summed E-state index contributed by atoms with van der Waals surface area (Å²) in [5.74, 6) is 0.511. The molecule has 4 nitrogen and oxygen atoms in total.